The summed E-state index contributed by atoms with van der Waals surface area (Å²) in [7, 11) is 0. The fourth-order valence-corrected chi connectivity index (χ4v) is 7.51. The Bertz CT molecular complexity index is 1100. The van der Waals surface area contributed by atoms with Crippen LogP contribution in [0.4, 0.5) is 0 Å². The first-order valence-electron chi connectivity index (χ1n) is 13.8. The van der Waals surface area contributed by atoms with Crippen molar-refractivity contribution in [2.24, 2.45) is 11.8 Å². The standard InChI is InChI=1S/C30H39N3O3/c1-3-20(4-2)26-14-22(21-8-6-5-7-9-21)12-13-33(26)29(34)25-16-32-18-30(25)17-31-15-23-24(30)10-11-27-28(23)36-19-35-27/h5-11,20,22,25-26,31-32H,3-4,12-19H2,1-2H3/t22-,25+,26+,30+/m1/s1. The summed E-state index contributed by atoms with van der Waals surface area (Å²) in [6.07, 6.45) is 4.30. The maximum Gasteiger partial charge on any atom is 0.231 e. The first-order valence-corrected chi connectivity index (χ1v) is 13.8. The molecule has 0 aliphatic carbocycles. The molecular weight excluding hydrogens is 450 g/mol. The molecule has 2 fully saturated rings. The van der Waals surface area contributed by atoms with Crippen LogP contribution in [0.15, 0.2) is 42.5 Å². The van der Waals surface area contributed by atoms with Crippen molar-refractivity contribution < 1.29 is 14.3 Å². The van der Waals surface area contributed by atoms with Crippen molar-refractivity contribution in [1.29, 1.82) is 0 Å². The fourth-order valence-electron chi connectivity index (χ4n) is 7.51. The second-order valence-electron chi connectivity index (χ2n) is 11.1. The number of nitrogens with zero attached hydrogens (tertiary/aromatic N) is 1. The number of fused-ring (bicyclic) bond motifs is 4. The topological polar surface area (TPSA) is 62.8 Å². The molecule has 0 radical (unpaired) electrons. The lowest BCUT2D eigenvalue weighted by Crippen LogP contribution is -2.57. The number of benzene rings is 2. The second kappa shape index (κ2) is 9.71. The van der Waals surface area contributed by atoms with Gasteiger partial charge in [0.15, 0.2) is 11.5 Å². The molecule has 2 aromatic rings. The van der Waals surface area contributed by atoms with Crippen LogP contribution >= 0.6 is 0 Å². The third-order valence-corrected chi connectivity index (χ3v) is 9.47. The molecule has 6 heteroatoms. The van der Waals surface area contributed by atoms with Gasteiger partial charge in [0.05, 0.1) is 5.92 Å². The zero-order chi connectivity index (χ0) is 24.7. The molecule has 2 N–H and O–H groups in total. The summed E-state index contributed by atoms with van der Waals surface area (Å²) in [5.41, 5.74) is 3.57. The molecule has 0 bridgehead atoms. The molecule has 6 rings (SSSR count). The number of rotatable bonds is 5. The molecule has 0 saturated carbocycles. The molecule has 0 aromatic heterocycles. The molecule has 1 amide bonds. The number of likely N-dealkylation sites (tertiary alicyclic amines) is 1. The zero-order valence-corrected chi connectivity index (χ0v) is 21.6. The number of piperidine rings is 1. The minimum Gasteiger partial charge on any atom is -0.454 e. The van der Waals surface area contributed by atoms with Crippen molar-refractivity contribution in [2.75, 3.05) is 33.0 Å². The molecule has 2 aromatic carbocycles. The molecule has 4 atom stereocenters. The third-order valence-electron chi connectivity index (χ3n) is 9.47. The van der Waals surface area contributed by atoms with Gasteiger partial charge in [0.2, 0.25) is 12.7 Å². The Morgan fingerprint density at radius 3 is 2.69 bits per heavy atom. The van der Waals surface area contributed by atoms with Gasteiger partial charge >= 0.3 is 0 Å². The predicted octanol–water partition coefficient (Wildman–Crippen LogP) is 4.19. The summed E-state index contributed by atoms with van der Waals surface area (Å²) in [6.45, 7) is 8.77. The second-order valence-corrected chi connectivity index (χ2v) is 11.1. The number of hydrogen-bond acceptors (Lipinski definition) is 5. The van der Waals surface area contributed by atoms with Crippen LogP contribution in [0.5, 0.6) is 11.5 Å². The highest BCUT2D eigenvalue weighted by molar-refractivity contribution is 5.83. The number of nitrogens with one attached hydrogen (secondary N) is 2. The van der Waals surface area contributed by atoms with Gasteiger partial charge in [0, 0.05) is 49.7 Å². The van der Waals surface area contributed by atoms with Crippen molar-refractivity contribution in [3.05, 3.63) is 59.2 Å². The molecule has 192 valence electrons. The summed E-state index contributed by atoms with van der Waals surface area (Å²) >= 11 is 0. The predicted molar refractivity (Wildman–Crippen MR) is 140 cm³/mol. The number of carbonyl (C=O) groups is 1. The maximum absolute atomic E-state index is 14.5. The largest absolute Gasteiger partial charge is 0.454 e. The molecule has 4 aliphatic rings. The van der Waals surface area contributed by atoms with Crippen molar-refractivity contribution in [3.8, 4) is 11.5 Å². The van der Waals surface area contributed by atoms with E-state index in [2.05, 4.69) is 65.8 Å². The van der Waals surface area contributed by atoms with Gasteiger partial charge in [-0.2, -0.15) is 0 Å². The van der Waals surface area contributed by atoms with E-state index in [4.69, 9.17) is 9.47 Å². The van der Waals surface area contributed by atoms with Crippen LogP contribution in [-0.2, 0) is 16.8 Å². The number of hydrogen-bond donors (Lipinski definition) is 2. The molecular formula is C30H39N3O3. The Morgan fingerprint density at radius 1 is 1.08 bits per heavy atom. The van der Waals surface area contributed by atoms with E-state index in [-0.39, 0.29) is 24.2 Å². The highest BCUT2D eigenvalue weighted by Gasteiger charge is 2.53. The Labute approximate surface area is 214 Å². The number of amides is 1. The quantitative estimate of drug-likeness (QED) is 0.660. The van der Waals surface area contributed by atoms with Gasteiger partial charge in [-0.25, -0.2) is 0 Å². The van der Waals surface area contributed by atoms with Crippen LogP contribution in [0.2, 0.25) is 0 Å². The van der Waals surface area contributed by atoms with Gasteiger partial charge in [0.1, 0.15) is 0 Å². The molecule has 0 unspecified atom stereocenters. The molecule has 6 nitrogen and oxygen atoms in total. The monoisotopic (exact) mass is 489 g/mol. The number of carbonyl (C=O) groups excluding carboxylic acids is 1. The van der Waals surface area contributed by atoms with Gasteiger partial charge in [0.25, 0.3) is 0 Å². The highest BCUT2D eigenvalue weighted by Crippen LogP contribution is 2.48. The van der Waals surface area contributed by atoms with E-state index in [1.807, 2.05) is 6.07 Å². The van der Waals surface area contributed by atoms with Gasteiger partial charge in [-0.3, -0.25) is 4.79 Å². The van der Waals surface area contributed by atoms with Crippen molar-refractivity contribution in [2.45, 2.75) is 63.5 Å². The lowest BCUT2D eigenvalue weighted by Gasteiger charge is -2.47. The molecule has 1 spiro atoms. The highest BCUT2D eigenvalue weighted by atomic mass is 16.7. The van der Waals surface area contributed by atoms with E-state index in [1.54, 1.807) is 0 Å². The van der Waals surface area contributed by atoms with Gasteiger partial charge in [-0.15, -0.1) is 0 Å². The Kier molecular flexibility index (Phi) is 6.42. The summed E-state index contributed by atoms with van der Waals surface area (Å²) in [4.78, 5) is 16.8. The van der Waals surface area contributed by atoms with Crippen LogP contribution in [0.1, 0.15) is 62.1 Å². The van der Waals surface area contributed by atoms with Gasteiger partial charge in [-0.05, 0) is 41.9 Å². The summed E-state index contributed by atoms with van der Waals surface area (Å²) in [6, 6.07) is 15.4. The smallest absolute Gasteiger partial charge is 0.231 e. The van der Waals surface area contributed by atoms with Crippen LogP contribution in [0, 0.1) is 11.8 Å². The maximum atomic E-state index is 14.5. The molecule has 4 aliphatic heterocycles. The minimum absolute atomic E-state index is 0.0884. The van der Waals surface area contributed by atoms with E-state index in [0.29, 0.717) is 17.7 Å². The average Bonchev–Trinajstić information content (AvgIpc) is 3.58. The van der Waals surface area contributed by atoms with Crippen LogP contribution < -0.4 is 20.1 Å². The Hall–Kier alpha value is -2.57. The zero-order valence-electron chi connectivity index (χ0n) is 21.6. The fraction of sp³-hybridized carbons (Fsp3) is 0.567. The molecule has 2 saturated heterocycles. The molecule has 36 heavy (non-hydrogen) atoms. The first-order chi connectivity index (χ1) is 17.7. The van der Waals surface area contributed by atoms with Gasteiger partial charge < -0.3 is 25.0 Å². The summed E-state index contributed by atoms with van der Waals surface area (Å²) < 4.78 is 11.5. The summed E-state index contributed by atoms with van der Waals surface area (Å²) in [5.74, 6) is 2.96. The third kappa shape index (κ3) is 3.81. The van der Waals surface area contributed by atoms with Crippen LogP contribution in [0.3, 0.4) is 0 Å². The summed E-state index contributed by atoms with van der Waals surface area (Å²) in [5, 5.41) is 7.24. The minimum atomic E-state index is -0.263. The average molecular weight is 490 g/mol. The van der Waals surface area contributed by atoms with Crippen molar-refractivity contribution in [3.63, 3.8) is 0 Å². The number of ether oxygens (including phenoxy) is 2. The lowest BCUT2D eigenvalue weighted by atomic mass is 9.67. The molecule has 4 heterocycles. The van der Waals surface area contributed by atoms with Crippen LogP contribution in [-0.4, -0.2) is 49.8 Å². The van der Waals surface area contributed by atoms with E-state index in [1.165, 1.54) is 11.1 Å². The Balaban J connectivity index is 1.32. The van der Waals surface area contributed by atoms with E-state index >= 15 is 0 Å². The Morgan fingerprint density at radius 2 is 1.89 bits per heavy atom. The van der Waals surface area contributed by atoms with Gasteiger partial charge in [-0.1, -0.05) is 63.1 Å². The first kappa shape index (κ1) is 23.8. The van der Waals surface area contributed by atoms with Crippen LogP contribution in [0.25, 0.3) is 0 Å². The lowest BCUT2D eigenvalue weighted by molar-refractivity contribution is -0.142. The van der Waals surface area contributed by atoms with E-state index < -0.39 is 0 Å². The van der Waals surface area contributed by atoms with Crippen molar-refractivity contribution in [1.82, 2.24) is 15.5 Å². The SMILES string of the molecule is CCC(CC)[C@@H]1C[C@H](c2ccccc2)CCN1C(=O)[C@@H]1CNC[C@]12CNCc1c2ccc2c1OCO2. The van der Waals surface area contributed by atoms with Crippen molar-refractivity contribution >= 4 is 5.91 Å². The van der Waals surface area contributed by atoms with E-state index in [9.17, 15) is 4.79 Å². The van der Waals surface area contributed by atoms with E-state index in [0.717, 1.165) is 75.5 Å². The normalized spacial score (nSPS) is 29.1.